The Morgan fingerprint density at radius 2 is 1.85 bits per heavy atom. The summed E-state index contributed by atoms with van der Waals surface area (Å²) in [5, 5.41) is 4.15. The Bertz CT molecular complexity index is 806. The molecule has 1 amide bonds. The van der Waals surface area contributed by atoms with Gasteiger partial charge in [0.1, 0.15) is 0 Å². The van der Waals surface area contributed by atoms with Gasteiger partial charge < -0.3 is 16.0 Å². The largest absolute Gasteiger partial charge is 0.399 e. The number of anilines is 1. The van der Waals surface area contributed by atoms with Crippen LogP contribution in [0.5, 0.6) is 0 Å². The molecule has 1 heterocycles. The van der Waals surface area contributed by atoms with Crippen molar-refractivity contribution in [3.05, 3.63) is 63.6 Å². The molecule has 0 radical (unpaired) electrons. The van der Waals surface area contributed by atoms with E-state index in [0.717, 1.165) is 30.8 Å². The molecule has 1 aliphatic rings. The molecule has 2 unspecified atom stereocenters. The number of nitrogens with one attached hydrogen (secondary N) is 1. The summed E-state index contributed by atoms with van der Waals surface area (Å²) in [6.07, 6.45) is 2.41. The SMILES string of the molecule is CC(C(=O)NC(CN1CCCC1)c1cccc(N)c1)c1ccc(Cl)c(Cl)c1. The third-order valence-corrected chi connectivity index (χ3v) is 5.84. The number of benzene rings is 2. The molecule has 4 nitrogen and oxygen atoms in total. The minimum atomic E-state index is -0.332. The molecule has 0 saturated carbocycles. The average molecular weight is 406 g/mol. The second kappa shape index (κ2) is 8.96. The van der Waals surface area contributed by atoms with Gasteiger partial charge >= 0.3 is 0 Å². The number of nitrogen functional groups attached to an aromatic ring is 1. The van der Waals surface area contributed by atoms with Crippen molar-refractivity contribution in [2.75, 3.05) is 25.4 Å². The van der Waals surface area contributed by atoms with Gasteiger partial charge in [-0.1, -0.05) is 41.4 Å². The van der Waals surface area contributed by atoms with E-state index in [1.807, 2.05) is 37.3 Å². The van der Waals surface area contributed by atoms with Crippen molar-refractivity contribution in [2.45, 2.75) is 31.7 Å². The zero-order valence-corrected chi connectivity index (χ0v) is 16.9. The van der Waals surface area contributed by atoms with Crippen LogP contribution in [0.2, 0.25) is 10.0 Å². The van der Waals surface area contributed by atoms with Crippen molar-refractivity contribution in [2.24, 2.45) is 0 Å². The highest BCUT2D eigenvalue weighted by atomic mass is 35.5. The maximum absolute atomic E-state index is 12.9. The minimum absolute atomic E-state index is 0.0417. The fourth-order valence-electron chi connectivity index (χ4n) is 3.46. The quantitative estimate of drug-likeness (QED) is 0.688. The van der Waals surface area contributed by atoms with E-state index in [9.17, 15) is 4.79 Å². The van der Waals surface area contributed by atoms with Crippen LogP contribution < -0.4 is 11.1 Å². The lowest BCUT2D eigenvalue weighted by Gasteiger charge is -2.26. The highest BCUT2D eigenvalue weighted by Gasteiger charge is 2.24. The van der Waals surface area contributed by atoms with Crippen LogP contribution in [0.3, 0.4) is 0 Å². The average Bonchev–Trinajstić information content (AvgIpc) is 3.16. The molecule has 1 saturated heterocycles. The maximum atomic E-state index is 12.9. The number of nitrogens with two attached hydrogens (primary N) is 1. The predicted molar refractivity (Wildman–Crippen MR) is 112 cm³/mol. The molecule has 3 N–H and O–H groups in total. The van der Waals surface area contributed by atoms with Crippen molar-refractivity contribution < 1.29 is 4.79 Å². The molecule has 2 aromatic carbocycles. The summed E-state index contributed by atoms with van der Waals surface area (Å²) >= 11 is 12.1. The van der Waals surface area contributed by atoms with E-state index < -0.39 is 0 Å². The lowest BCUT2D eigenvalue weighted by Crippen LogP contribution is -2.38. The number of hydrogen-bond donors (Lipinski definition) is 2. The molecule has 27 heavy (non-hydrogen) atoms. The van der Waals surface area contributed by atoms with E-state index in [4.69, 9.17) is 28.9 Å². The summed E-state index contributed by atoms with van der Waals surface area (Å²) in [5.74, 6) is -0.373. The van der Waals surface area contributed by atoms with Crippen LogP contribution in [-0.2, 0) is 4.79 Å². The fraction of sp³-hybridized carbons (Fsp3) is 0.381. The monoisotopic (exact) mass is 405 g/mol. The van der Waals surface area contributed by atoms with E-state index in [2.05, 4.69) is 10.2 Å². The summed E-state index contributed by atoms with van der Waals surface area (Å²) in [6.45, 7) is 4.79. The first-order valence-corrected chi connectivity index (χ1v) is 10.0. The van der Waals surface area contributed by atoms with Gasteiger partial charge in [0, 0.05) is 12.2 Å². The fourth-order valence-corrected chi connectivity index (χ4v) is 3.77. The molecular formula is C21H25Cl2N3O. The molecule has 1 aliphatic heterocycles. The number of carbonyl (C=O) groups is 1. The summed E-state index contributed by atoms with van der Waals surface area (Å²) in [5.41, 5.74) is 8.53. The van der Waals surface area contributed by atoms with Gasteiger partial charge in [0.25, 0.3) is 0 Å². The number of halogens is 2. The maximum Gasteiger partial charge on any atom is 0.227 e. The lowest BCUT2D eigenvalue weighted by atomic mass is 9.98. The van der Waals surface area contributed by atoms with Crippen molar-refractivity contribution >= 4 is 34.8 Å². The van der Waals surface area contributed by atoms with Gasteiger partial charge in [0.15, 0.2) is 0 Å². The summed E-state index contributed by atoms with van der Waals surface area (Å²) in [6, 6.07) is 12.9. The Morgan fingerprint density at radius 1 is 1.11 bits per heavy atom. The molecule has 0 bridgehead atoms. The highest BCUT2D eigenvalue weighted by Crippen LogP contribution is 2.27. The van der Waals surface area contributed by atoms with Crippen LogP contribution >= 0.6 is 23.2 Å². The Balaban J connectivity index is 1.77. The van der Waals surface area contributed by atoms with E-state index in [-0.39, 0.29) is 17.9 Å². The van der Waals surface area contributed by atoms with E-state index in [0.29, 0.717) is 15.7 Å². The Hall–Kier alpha value is -1.75. The standard InChI is InChI=1S/C21H25Cl2N3O/c1-14(15-7-8-18(22)19(23)12-15)21(27)25-20(13-26-9-2-3-10-26)16-5-4-6-17(24)11-16/h4-8,11-12,14,20H,2-3,9-10,13,24H2,1H3,(H,25,27). The second-order valence-corrected chi connectivity index (χ2v) is 7.95. The van der Waals surface area contributed by atoms with E-state index in [1.54, 1.807) is 12.1 Å². The van der Waals surface area contributed by atoms with Crippen LogP contribution in [0, 0.1) is 0 Å². The normalized spacial score (nSPS) is 16.9. The predicted octanol–water partition coefficient (Wildman–Crippen LogP) is 4.63. The van der Waals surface area contributed by atoms with Crippen LogP contribution in [0.1, 0.15) is 42.9 Å². The third kappa shape index (κ3) is 5.16. The Labute approximate surface area is 170 Å². The van der Waals surface area contributed by atoms with Crippen LogP contribution in [-0.4, -0.2) is 30.4 Å². The summed E-state index contributed by atoms with van der Waals surface area (Å²) < 4.78 is 0. The smallest absolute Gasteiger partial charge is 0.227 e. The van der Waals surface area contributed by atoms with Crippen molar-refractivity contribution in [1.82, 2.24) is 10.2 Å². The van der Waals surface area contributed by atoms with Gasteiger partial charge in [0.05, 0.1) is 22.0 Å². The molecule has 144 valence electrons. The van der Waals surface area contributed by atoms with Gasteiger partial charge in [-0.15, -0.1) is 0 Å². The zero-order valence-electron chi connectivity index (χ0n) is 15.4. The number of hydrogen-bond acceptors (Lipinski definition) is 3. The van der Waals surface area contributed by atoms with Gasteiger partial charge in [0.2, 0.25) is 5.91 Å². The number of nitrogens with zero attached hydrogens (tertiary/aromatic N) is 1. The van der Waals surface area contributed by atoms with Crippen LogP contribution in [0.25, 0.3) is 0 Å². The molecule has 1 fully saturated rings. The van der Waals surface area contributed by atoms with Crippen molar-refractivity contribution in [3.63, 3.8) is 0 Å². The van der Waals surface area contributed by atoms with E-state index >= 15 is 0 Å². The summed E-state index contributed by atoms with van der Waals surface area (Å²) in [4.78, 5) is 15.3. The minimum Gasteiger partial charge on any atom is -0.399 e. The summed E-state index contributed by atoms with van der Waals surface area (Å²) in [7, 11) is 0. The lowest BCUT2D eigenvalue weighted by molar-refractivity contribution is -0.123. The number of carbonyl (C=O) groups excluding carboxylic acids is 1. The van der Waals surface area contributed by atoms with Gasteiger partial charge in [-0.05, 0) is 68.2 Å². The molecular weight excluding hydrogens is 381 g/mol. The molecule has 0 spiro atoms. The van der Waals surface area contributed by atoms with Crippen molar-refractivity contribution in [3.8, 4) is 0 Å². The van der Waals surface area contributed by atoms with Gasteiger partial charge in [-0.3, -0.25) is 4.79 Å². The van der Waals surface area contributed by atoms with Gasteiger partial charge in [-0.25, -0.2) is 0 Å². The molecule has 0 aliphatic carbocycles. The first-order valence-electron chi connectivity index (χ1n) is 9.27. The molecule has 0 aromatic heterocycles. The molecule has 3 rings (SSSR count). The zero-order chi connectivity index (χ0) is 19.4. The highest BCUT2D eigenvalue weighted by molar-refractivity contribution is 6.42. The molecule has 2 aromatic rings. The Kier molecular flexibility index (Phi) is 6.64. The van der Waals surface area contributed by atoms with Crippen molar-refractivity contribution in [1.29, 1.82) is 0 Å². The first kappa shape index (κ1) is 20.0. The Morgan fingerprint density at radius 3 is 2.52 bits per heavy atom. The van der Waals surface area contributed by atoms with Gasteiger partial charge in [-0.2, -0.15) is 0 Å². The van der Waals surface area contributed by atoms with Crippen LogP contribution in [0.4, 0.5) is 5.69 Å². The van der Waals surface area contributed by atoms with Crippen LogP contribution in [0.15, 0.2) is 42.5 Å². The third-order valence-electron chi connectivity index (χ3n) is 5.11. The molecule has 6 heteroatoms. The number of amides is 1. The van der Waals surface area contributed by atoms with E-state index in [1.165, 1.54) is 12.8 Å². The topological polar surface area (TPSA) is 58.4 Å². The molecule has 2 atom stereocenters. The number of rotatable bonds is 6. The first-order chi connectivity index (χ1) is 12.9. The second-order valence-electron chi connectivity index (χ2n) is 7.13. The number of likely N-dealkylation sites (tertiary alicyclic amines) is 1.